The van der Waals surface area contributed by atoms with Gasteiger partial charge in [-0.1, -0.05) is 46.5 Å². The third kappa shape index (κ3) is 4.12. The average Bonchev–Trinajstić information content (AvgIpc) is 2.09. The average molecular weight is 184 g/mol. The highest BCUT2D eigenvalue weighted by Crippen LogP contribution is 2.36. The predicted octanol–water partition coefficient (Wildman–Crippen LogP) is 3.51. The highest BCUT2D eigenvalue weighted by atomic mass is 16.3. The molecule has 0 radical (unpaired) electrons. The largest absolute Gasteiger partial charge is 0.390 e. The molecule has 0 spiro atoms. The Morgan fingerprint density at radius 1 is 1.00 bits per heavy atom. The van der Waals surface area contributed by atoms with Crippen molar-refractivity contribution < 1.29 is 5.11 Å². The maximum atomic E-state index is 10.4. The molecule has 0 aromatic heterocycles. The van der Waals surface area contributed by atoms with E-state index in [-0.39, 0.29) is 11.0 Å². The van der Waals surface area contributed by atoms with Crippen molar-refractivity contribution in [3.63, 3.8) is 0 Å². The fourth-order valence-corrected chi connectivity index (χ4v) is 2.55. The van der Waals surface area contributed by atoms with Crippen LogP contribution in [0.15, 0.2) is 0 Å². The van der Waals surface area contributed by atoms with Crippen molar-refractivity contribution in [1.29, 1.82) is 0 Å². The van der Waals surface area contributed by atoms with Crippen LogP contribution in [0.3, 0.4) is 0 Å². The van der Waals surface area contributed by atoms with Crippen molar-refractivity contribution in [3.8, 4) is 0 Å². The van der Waals surface area contributed by atoms with Gasteiger partial charge in [0.1, 0.15) is 0 Å². The van der Waals surface area contributed by atoms with Crippen LogP contribution in [-0.2, 0) is 0 Å². The summed E-state index contributed by atoms with van der Waals surface area (Å²) < 4.78 is 0. The van der Waals surface area contributed by atoms with Gasteiger partial charge in [0.2, 0.25) is 0 Å². The zero-order chi connectivity index (χ0) is 9.95. The summed E-state index contributed by atoms with van der Waals surface area (Å²) in [4.78, 5) is 0. The van der Waals surface area contributed by atoms with Crippen molar-refractivity contribution >= 4 is 0 Å². The van der Waals surface area contributed by atoms with Gasteiger partial charge in [-0.05, 0) is 24.7 Å². The van der Waals surface area contributed by atoms with Gasteiger partial charge in [0.25, 0.3) is 0 Å². The second-order valence-electron chi connectivity index (χ2n) is 5.88. The third-order valence-electron chi connectivity index (χ3n) is 2.89. The van der Waals surface area contributed by atoms with E-state index < -0.39 is 0 Å². The van der Waals surface area contributed by atoms with Gasteiger partial charge in [0, 0.05) is 0 Å². The van der Waals surface area contributed by atoms with E-state index in [0.29, 0.717) is 0 Å². The SMILES string of the molecule is CC(C)(C)CC1(O)CCCCCC1. The quantitative estimate of drug-likeness (QED) is 0.618. The van der Waals surface area contributed by atoms with Crippen LogP contribution < -0.4 is 0 Å². The Morgan fingerprint density at radius 2 is 1.46 bits per heavy atom. The lowest BCUT2D eigenvalue weighted by Crippen LogP contribution is -2.32. The van der Waals surface area contributed by atoms with Gasteiger partial charge in [0.05, 0.1) is 5.60 Å². The molecule has 1 aliphatic carbocycles. The van der Waals surface area contributed by atoms with Crippen LogP contribution in [0.1, 0.15) is 65.7 Å². The minimum Gasteiger partial charge on any atom is -0.390 e. The first-order valence-electron chi connectivity index (χ1n) is 5.64. The third-order valence-corrected chi connectivity index (χ3v) is 2.89. The number of aliphatic hydroxyl groups is 1. The summed E-state index contributed by atoms with van der Waals surface area (Å²) in [6.45, 7) is 6.65. The fraction of sp³-hybridized carbons (Fsp3) is 1.00. The van der Waals surface area contributed by atoms with Gasteiger partial charge in [-0.3, -0.25) is 0 Å². The smallest absolute Gasteiger partial charge is 0.0652 e. The van der Waals surface area contributed by atoms with Crippen molar-refractivity contribution in [3.05, 3.63) is 0 Å². The molecule has 0 atom stereocenters. The summed E-state index contributed by atoms with van der Waals surface area (Å²) in [7, 11) is 0. The lowest BCUT2D eigenvalue weighted by atomic mass is 9.78. The molecule has 13 heavy (non-hydrogen) atoms. The number of rotatable bonds is 1. The zero-order valence-corrected chi connectivity index (χ0v) is 9.40. The highest BCUT2D eigenvalue weighted by Gasteiger charge is 2.32. The Bertz CT molecular complexity index is 147. The molecule has 1 fully saturated rings. The lowest BCUT2D eigenvalue weighted by Gasteiger charge is -2.33. The maximum absolute atomic E-state index is 10.4. The number of hydrogen-bond acceptors (Lipinski definition) is 1. The molecular weight excluding hydrogens is 160 g/mol. The molecule has 78 valence electrons. The van der Waals surface area contributed by atoms with Crippen LogP contribution in [0.25, 0.3) is 0 Å². The molecular formula is C12H24O. The molecule has 1 heteroatoms. The topological polar surface area (TPSA) is 20.2 Å². The Labute approximate surface area is 82.5 Å². The summed E-state index contributed by atoms with van der Waals surface area (Å²) in [6, 6.07) is 0. The monoisotopic (exact) mass is 184 g/mol. The molecule has 1 aliphatic rings. The van der Waals surface area contributed by atoms with Crippen molar-refractivity contribution in [2.75, 3.05) is 0 Å². The lowest BCUT2D eigenvalue weighted by molar-refractivity contribution is -0.0115. The first-order valence-corrected chi connectivity index (χ1v) is 5.64. The first-order chi connectivity index (χ1) is 5.91. The molecule has 0 bridgehead atoms. The Morgan fingerprint density at radius 3 is 1.85 bits per heavy atom. The van der Waals surface area contributed by atoms with Crippen molar-refractivity contribution in [2.45, 2.75) is 71.3 Å². The summed E-state index contributed by atoms with van der Waals surface area (Å²) in [5, 5.41) is 10.4. The Hall–Kier alpha value is -0.0400. The van der Waals surface area contributed by atoms with Gasteiger partial charge in [-0.15, -0.1) is 0 Å². The second kappa shape index (κ2) is 4.00. The van der Waals surface area contributed by atoms with Crippen LogP contribution in [0.5, 0.6) is 0 Å². The Kier molecular flexibility index (Phi) is 3.39. The van der Waals surface area contributed by atoms with Crippen molar-refractivity contribution in [2.24, 2.45) is 5.41 Å². The van der Waals surface area contributed by atoms with E-state index in [4.69, 9.17) is 0 Å². The van der Waals surface area contributed by atoms with E-state index in [1.165, 1.54) is 25.7 Å². The summed E-state index contributed by atoms with van der Waals surface area (Å²) in [6.07, 6.45) is 8.05. The van der Waals surface area contributed by atoms with Crippen molar-refractivity contribution in [1.82, 2.24) is 0 Å². The van der Waals surface area contributed by atoms with E-state index in [2.05, 4.69) is 20.8 Å². The summed E-state index contributed by atoms with van der Waals surface area (Å²) in [5.41, 5.74) is -0.0894. The van der Waals surface area contributed by atoms with Gasteiger partial charge < -0.3 is 5.11 Å². The molecule has 0 aromatic rings. The molecule has 1 nitrogen and oxygen atoms in total. The minimum absolute atomic E-state index is 0.263. The molecule has 1 N–H and O–H groups in total. The van der Waals surface area contributed by atoms with Crippen LogP contribution in [0, 0.1) is 5.41 Å². The molecule has 0 aliphatic heterocycles. The van der Waals surface area contributed by atoms with Gasteiger partial charge in [0.15, 0.2) is 0 Å². The van der Waals surface area contributed by atoms with Crippen LogP contribution in [0.2, 0.25) is 0 Å². The minimum atomic E-state index is -0.352. The van der Waals surface area contributed by atoms with E-state index >= 15 is 0 Å². The molecule has 0 amide bonds. The van der Waals surface area contributed by atoms with Crippen LogP contribution in [0.4, 0.5) is 0 Å². The molecule has 0 unspecified atom stereocenters. The molecule has 0 heterocycles. The fourth-order valence-electron chi connectivity index (χ4n) is 2.55. The van der Waals surface area contributed by atoms with Crippen LogP contribution in [-0.4, -0.2) is 10.7 Å². The molecule has 1 saturated carbocycles. The first kappa shape index (κ1) is 11.0. The van der Waals surface area contributed by atoms with E-state index in [9.17, 15) is 5.11 Å². The molecule has 0 saturated heterocycles. The van der Waals surface area contributed by atoms with Gasteiger partial charge in [-0.25, -0.2) is 0 Å². The van der Waals surface area contributed by atoms with E-state index in [0.717, 1.165) is 19.3 Å². The zero-order valence-electron chi connectivity index (χ0n) is 9.40. The normalized spacial score (nSPS) is 24.0. The number of hydrogen-bond donors (Lipinski definition) is 1. The highest BCUT2D eigenvalue weighted by molar-refractivity contribution is 4.85. The summed E-state index contributed by atoms with van der Waals surface area (Å²) >= 11 is 0. The summed E-state index contributed by atoms with van der Waals surface area (Å²) in [5.74, 6) is 0. The van der Waals surface area contributed by atoms with Gasteiger partial charge >= 0.3 is 0 Å². The molecule has 0 aromatic carbocycles. The van der Waals surface area contributed by atoms with Gasteiger partial charge in [-0.2, -0.15) is 0 Å². The second-order valence-corrected chi connectivity index (χ2v) is 5.88. The standard InChI is InChI=1S/C12H24O/c1-11(2,3)10-12(13)8-6-4-5-7-9-12/h13H,4-10H2,1-3H3. The van der Waals surface area contributed by atoms with E-state index in [1.807, 2.05) is 0 Å². The predicted molar refractivity (Wildman–Crippen MR) is 56.7 cm³/mol. The van der Waals surface area contributed by atoms with Crippen LogP contribution >= 0.6 is 0 Å². The Balaban J connectivity index is 2.52. The van der Waals surface area contributed by atoms with E-state index in [1.54, 1.807) is 0 Å². The molecule has 1 rings (SSSR count). The maximum Gasteiger partial charge on any atom is 0.0652 e.